The number of rotatable bonds is 7. The minimum Gasteiger partial charge on any atom is -0.507 e. The number of ether oxygens (including phenoxy) is 1. The van der Waals surface area contributed by atoms with E-state index in [4.69, 9.17) is 4.74 Å². The van der Waals surface area contributed by atoms with Gasteiger partial charge in [0, 0.05) is 30.0 Å². The molecule has 0 spiro atoms. The number of thiophene rings is 1. The van der Waals surface area contributed by atoms with Crippen molar-refractivity contribution in [1.82, 2.24) is 9.80 Å². The number of fused-ring (bicyclic) bond motifs is 1. The largest absolute Gasteiger partial charge is 0.507 e. The number of amides is 1. The molecule has 4 rings (SSSR count). The zero-order chi connectivity index (χ0) is 22.1. The number of hydrogen-bond acceptors (Lipinski definition) is 6. The molecule has 2 aliphatic rings. The fourth-order valence-electron chi connectivity index (χ4n) is 4.37. The van der Waals surface area contributed by atoms with Gasteiger partial charge in [0.1, 0.15) is 17.6 Å². The minimum atomic E-state index is -0.624. The molecule has 0 unspecified atom stereocenters. The van der Waals surface area contributed by atoms with E-state index in [0.29, 0.717) is 18.7 Å². The molecule has 0 aliphatic carbocycles. The molecule has 1 aromatic heterocycles. The van der Waals surface area contributed by atoms with Gasteiger partial charge >= 0.3 is 0 Å². The third-order valence-corrected chi connectivity index (χ3v) is 7.00. The van der Waals surface area contributed by atoms with Gasteiger partial charge in [-0.3, -0.25) is 9.59 Å². The lowest BCUT2D eigenvalue weighted by Crippen LogP contribution is -2.37. The van der Waals surface area contributed by atoms with Crippen molar-refractivity contribution in [3.8, 4) is 5.75 Å². The summed E-state index contributed by atoms with van der Waals surface area (Å²) in [6, 6.07) is 8.68. The first-order chi connectivity index (χ1) is 14.9. The molecule has 3 heterocycles. The first-order valence-electron chi connectivity index (χ1n) is 10.8. The maximum atomic E-state index is 13.1. The van der Waals surface area contributed by atoms with E-state index in [1.165, 1.54) is 11.3 Å². The SMILES string of the molecule is CCN(CC)CCN1C(=O)C(=O)C(=C(O)c2ccc3c(c2)C[C@H](C)O3)[C@H]1c1cccs1. The Kier molecular flexibility index (Phi) is 6.16. The number of benzene rings is 1. The van der Waals surface area contributed by atoms with Gasteiger partial charge in [0.2, 0.25) is 0 Å². The highest BCUT2D eigenvalue weighted by Gasteiger charge is 2.46. The Morgan fingerprint density at radius 3 is 2.71 bits per heavy atom. The molecule has 1 aromatic carbocycles. The number of hydrogen-bond donors (Lipinski definition) is 1. The van der Waals surface area contributed by atoms with Crippen molar-refractivity contribution >= 4 is 28.8 Å². The van der Waals surface area contributed by atoms with Crippen molar-refractivity contribution in [3.05, 3.63) is 57.3 Å². The van der Waals surface area contributed by atoms with Crippen molar-refractivity contribution in [3.63, 3.8) is 0 Å². The summed E-state index contributed by atoms with van der Waals surface area (Å²) in [4.78, 5) is 30.7. The highest BCUT2D eigenvalue weighted by atomic mass is 32.1. The van der Waals surface area contributed by atoms with Gasteiger partial charge < -0.3 is 19.6 Å². The molecular weight excluding hydrogens is 412 g/mol. The lowest BCUT2D eigenvalue weighted by molar-refractivity contribution is -0.140. The van der Waals surface area contributed by atoms with Crippen LogP contribution in [0.5, 0.6) is 5.75 Å². The van der Waals surface area contributed by atoms with Crippen LogP contribution in [0.4, 0.5) is 0 Å². The van der Waals surface area contributed by atoms with Crippen molar-refractivity contribution in [1.29, 1.82) is 0 Å². The second-order valence-electron chi connectivity index (χ2n) is 7.99. The van der Waals surface area contributed by atoms with E-state index in [-0.39, 0.29) is 17.4 Å². The number of carbonyl (C=O) groups is 2. The Labute approximate surface area is 186 Å². The van der Waals surface area contributed by atoms with E-state index >= 15 is 0 Å². The first-order valence-corrected chi connectivity index (χ1v) is 11.7. The van der Waals surface area contributed by atoms with E-state index < -0.39 is 17.7 Å². The van der Waals surface area contributed by atoms with Crippen LogP contribution in [0.15, 0.2) is 41.3 Å². The molecule has 0 radical (unpaired) electrons. The lowest BCUT2D eigenvalue weighted by Gasteiger charge is -2.27. The molecule has 1 amide bonds. The van der Waals surface area contributed by atoms with Gasteiger partial charge in [-0.15, -0.1) is 11.3 Å². The van der Waals surface area contributed by atoms with Gasteiger partial charge in [-0.25, -0.2) is 0 Å². The standard InChI is InChI=1S/C24H28N2O4S/c1-4-25(5-2)10-11-26-21(19-7-6-12-31-19)20(23(28)24(26)29)22(27)16-8-9-18-17(14-16)13-15(3)30-18/h6-9,12,14-15,21,27H,4-5,10-11,13H2,1-3H3/t15-,21+/m0/s1. The summed E-state index contributed by atoms with van der Waals surface area (Å²) in [6.45, 7) is 9.01. The van der Waals surface area contributed by atoms with E-state index in [9.17, 15) is 14.7 Å². The second kappa shape index (κ2) is 8.85. The third-order valence-electron chi connectivity index (χ3n) is 6.07. The monoisotopic (exact) mass is 440 g/mol. The third kappa shape index (κ3) is 4.00. The molecule has 1 fully saturated rings. The predicted molar refractivity (Wildman–Crippen MR) is 121 cm³/mol. The van der Waals surface area contributed by atoms with Gasteiger partial charge in [-0.05, 0) is 55.2 Å². The van der Waals surface area contributed by atoms with Gasteiger partial charge in [0.15, 0.2) is 0 Å². The number of likely N-dealkylation sites (tertiary alicyclic amines) is 1. The number of Topliss-reactive ketones (excluding diaryl/α,β-unsaturated/α-hetero) is 1. The Morgan fingerprint density at radius 2 is 2.03 bits per heavy atom. The van der Waals surface area contributed by atoms with Crippen molar-refractivity contribution in [2.75, 3.05) is 26.2 Å². The zero-order valence-corrected chi connectivity index (χ0v) is 18.9. The van der Waals surface area contributed by atoms with E-state index in [1.54, 1.807) is 11.0 Å². The highest BCUT2D eigenvalue weighted by molar-refractivity contribution is 7.10. The molecule has 2 atom stereocenters. The highest BCUT2D eigenvalue weighted by Crippen LogP contribution is 2.41. The smallest absolute Gasteiger partial charge is 0.295 e. The van der Waals surface area contributed by atoms with Crippen LogP contribution in [0.25, 0.3) is 5.76 Å². The van der Waals surface area contributed by atoms with Crippen LogP contribution in [0.3, 0.4) is 0 Å². The average Bonchev–Trinajstić information content (AvgIpc) is 3.47. The van der Waals surface area contributed by atoms with Gasteiger partial charge in [-0.2, -0.15) is 0 Å². The maximum Gasteiger partial charge on any atom is 0.295 e. The molecule has 164 valence electrons. The quantitative estimate of drug-likeness (QED) is 0.403. The molecular formula is C24H28N2O4S. The first kappa shape index (κ1) is 21.6. The van der Waals surface area contributed by atoms with E-state index in [2.05, 4.69) is 18.7 Å². The Balaban J connectivity index is 1.74. The summed E-state index contributed by atoms with van der Waals surface area (Å²) in [5.74, 6) is -0.492. The van der Waals surface area contributed by atoms with Crippen LogP contribution in [-0.4, -0.2) is 58.9 Å². The second-order valence-corrected chi connectivity index (χ2v) is 8.97. The summed E-state index contributed by atoms with van der Waals surface area (Å²) >= 11 is 1.49. The molecule has 1 N–H and O–H groups in total. The Morgan fingerprint density at radius 1 is 1.26 bits per heavy atom. The van der Waals surface area contributed by atoms with Gasteiger partial charge in [0.25, 0.3) is 11.7 Å². The summed E-state index contributed by atoms with van der Waals surface area (Å²) < 4.78 is 5.75. The number of nitrogens with zero attached hydrogens (tertiary/aromatic N) is 2. The van der Waals surface area contributed by atoms with Crippen molar-refractivity contribution in [2.24, 2.45) is 0 Å². The van der Waals surface area contributed by atoms with Crippen LogP contribution >= 0.6 is 11.3 Å². The molecule has 2 aromatic rings. The fourth-order valence-corrected chi connectivity index (χ4v) is 5.21. The number of ketones is 1. The molecule has 0 bridgehead atoms. The van der Waals surface area contributed by atoms with Gasteiger partial charge in [0.05, 0.1) is 11.6 Å². The molecule has 1 saturated heterocycles. The van der Waals surface area contributed by atoms with Crippen LogP contribution in [-0.2, 0) is 16.0 Å². The summed E-state index contributed by atoms with van der Waals surface area (Å²) in [5.41, 5.74) is 1.71. The van der Waals surface area contributed by atoms with Gasteiger partial charge in [-0.1, -0.05) is 19.9 Å². The number of aliphatic hydroxyl groups excluding tert-OH is 1. The lowest BCUT2D eigenvalue weighted by atomic mass is 9.98. The molecule has 7 heteroatoms. The van der Waals surface area contributed by atoms with Crippen LogP contribution < -0.4 is 4.74 Å². The Bertz CT molecular complexity index is 1010. The normalized spacial score (nSPS) is 22.3. The fraction of sp³-hybridized carbons (Fsp3) is 0.417. The molecule has 0 saturated carbocycles. The Hall–Kier alpha value is -2.64. The van der Waals surface area contributed by atoms with Crippen LogP contribution in [0.1, 0.15) is 42.8 Å². The molecule has 2 aliphatic heterocycles. The molecule has 6 nitrogen and oxygen atoms in total. The number of aliphatic hydroxyl groups is 1. The predicted octanol–water partition coefficient (Wildman–Crippen LogP) is 3.84. The van der Waals surface area contributed by atoms with Crippen molar-refractivity contribution < 1.29 is 19.4 Å². The maximum absolute atomic E-state index is 13.1. The van der Waals surface area contributed by atoms with Crippen molar-refractivity contribution in [2.45, 2.75) is 39.3 Å². The number of likely N-dealkylation sites (N-methyl/N-ethyl adjacent to an activating group) is 1. The van der Waals surface area contributed by atoms with Crippen LogP contribution in [0.2, 0.25) is 0 Å². The average molecular weight is 441 g/mol. The number of carbonyl (C=O) groups excluding carboxylic acids is 2. The van der Waals surface area contributed by atoms with Crippen LogP contribution in [0, 0.1) is 0 Å². The molecule has 31 heavy (non-hydrogen) atoms. The summed E-state index contributed by atoms with van der Waals surface area (Å²) in [7, 11) is 0. The summed E-state index contributed by atoms with van der Waals surface area (Å²) in [5, 5.41) is 13.1. The minimum absolute atomic E-state index is 0.0872. The summed E-state index contributed by atoms with van der Waals surface area (Å²) in [6.07, 6.45) is 0.840. The zero-order valence-electron chi connectivity index (χ0n) is 18.1. The van der Waals surface area contributed by atoms with E-state index in [1.807, 2.05) is 36.6 Å². The van der Waals surface area contributed by atoms with E-state index in [0.717, 1.165) is 35.7 Å². The topological polar surface area (TPSA) is 70.1 Å².